The molecule has 0 spiro atoms. The van der Waals surface area contributed by atoms with Gasteiger partial charge in [-0.1, -0.05) is 12.1 Å². The molecule has 0 aliphatic carbocycles. The van der Waals surface area contributed by atoms with Crippen LogP contribution in [0.1, 0.15) is 22.5 Å². The summed E-state index contributed by atoms with van der Waals surface area (Å²) in [4.78, 5) is 11.7. The van der Waals surface area contributed by atoms with E-state index in [-0.39, 0.29) is 5.78 Å². The summed E-state index contributed by atoms with van der Waals surface area (Å²) in [6.45, 7) is 0. The molecular weight excluding hydrogens is 236 g/mol. The topological polar surface area (TPSA) is 52.1 Å². The van der Waals surface area contributed by atoms with Gasteiger partial charge in [0.25, 0.3) is 0 Å². The fourth-order valence-corrected chi connectivity index (χ4v) is 1.90. The first-order valence-corrected chi connectivity index (χ1v) is 5.96. The lowest BCUT2D eigenvalue weighted by Gasteiger charge is -2.02. The minimum atomic E-state index is 0.0366. The second-order valence-corrected chi connectivity index (χ2v) is 4.12. The van der Waals surface area contributed by atoms with Gasteiger partial charge in [-0.25, -0.2) is 0 Å². The van der Waals surface area contributed by atoms with Crippen molar-refractivity contribution in [3.63, 3.8) is 0 Å². The minimum Gasteiger partial charge on any atom is -0.497 e. The molecule has 2 rings (SSSR count). The summed E-state index contributed by atoms with van der Waals surface area (Å²) in [6.07, 6.45) is 2.68. The van der Waals surface area contributed by atoms with Crippen molar-refractivity contribution in [1.29, 1.82) is 0 Å². The van der Waals surface area contributed by atoms with Crippen molar-refractivity contribution in [2.75, 3.05) is 7.11 Å². The standard InChI is InChI=1S/C12H12N2O2S/c1-16-10-5-2-9(3-6-10)4-7-12(15)11-8-13-17-14-11/h2-3,5-6,8H,4,7H2,1H3. The molecule has 0 saturated carbocycles. The van der Waals surface area contributed by atoms with Gasteiger partial charge in [-0.3, -0.25) is 4.79 Å². The number of benzene rings is 1. The molecule has 1 heterocycles. The molecular formula is C12H12N2O2S. The van der Waals surface area contributed by atoms with Gasteiger partial charge in [-0.15, -0.1) is 0 Å². The Labute approximate surface area is 104 Å². The molecule has 0 fully saturated rings. The first kappa shape index (κ1) is 11.7. The molecule has 0 bridgehead atoms. The number of aryl methyl sites for hydroxylation is 1. The maximum absolute atomic E-state index is 11.7. The van der Waals surface area contributed by atoms with Gasteiger partial charge in [0.1, 0.15) is 11.4 Å². The fourth-order valence-electron chi connectivity index (χ4n) is 1.47. The molecule has 2 aromatic rings. The van der Waals surface area contributed by atoms with E-state index >= 15 is 0 Å². The lowest BCUT2D eigenvalue weighted by atomic mass is 10.1. The Balaban J connectivity index is 1.91. The number of hydrogen-bond donors (Lipinski definition) is 0. The highest BCUT2D eigenvalue weighted by Gasteiger charge is 2.08. The predicted molar refractivity (Wildman–Crippen MR) is 65.6 cm³/mol. The van der Waals surface area contributed by atoms with Crippen LogP contribution in [-0.2, 0) is 6.42 Å². The quantitative estimate of drug-likeness (QED) is 0.762. The third-order valence-electron chi connectivity index (χ3n) is 2.45. The van der Waals surface area contributed by atoms with Crippen LogP contribution in [0.4, 0.5) is 0 Å². The number of carbonyl (C=O) groups is 1. The molecule has 1 aromatic heterocycles. The molecule has 0 aliphatic rings. The number of nitrogens with zero attached hydrogens (tertiary/aromatic N) is 2. The van der Waals surface area contributed by atoms with Crippen molar-refractivity contribution in [3.8, 4) is 5.75 Å². The van der Waals surface area contributed by atoms with Crippen LogP contribution in [0.25, 0.3) is 0 Å². The largest absolute Gasteiger partial charge is 0.497 e. The van der Waals surface area contributed by atoms with E-state index in [4.69, 9.17) is 4.74 Å². The second kappa shape index (κ2) is 5.54. The number of ketones is 1. The van der Waals surface area contributed by atoms with Gasteiger partial charge in [-0.05, 0) is 24.1 Å². The molecule has 4 nitrogen and oxygen atoms in total. The Hall–Kier alpha value is -1.75. The summed E-state index contributed by atoms with van der Waals surface area (Å²) in [5, 5.41) is 0. The van der Waals surface area contributed by atoms with E-state index in [2.05, 4.69) is 8.75 Å². The SMILES string of the molecule is COc1ccc(CCC(=O)c2cnsn2)cc1. The van der Waals surface area contributed by atoms with E-state index in [1.807, 2.05) is 24.3 Å². The Kier molecular flexibility index (Phi) is 3.82. The average Bonchev–Trinajstić information content (AvgIpc) is 2.90. The number of Topliss-reactive ketones (excluding diaryl/α,β-unsaturated/α-hetero) is 1. The van der Waals surface area contributed by atoms with Crippen molar-refractivity contribution in [2.45, 2.75) is 12.8 Å². The van der Waals surface area contributed by atoms with E-state index < -0.39 is 0 Å². The van der Waals surface area contributed by atoms with E-state index in [1.165, 1.54) is 6.20 Å². The molecule has 0 aliphatic heterocycles. The summed E-state index contributed by atoms with van der Waals surface area (Å²) < 4.78 is 12.8. The Morgan fingerprint density at radius 1 is 1.35 bits per heavy atom. The molecule has 5 heteroatoms. The monoisotopic (exact) mass is 248 g/mol. The third-order valence-corrected chi connectivity index (χ3v) is 2.92. The summed E-state index contributed by atoms with van der Waals surface area (Å²) >= 11 is 1.06. The molecule has 0 saturated heterocycles. The normalized spacial score (nSPS) is 10.2. The van der Waals surface area contributed by atoms with Crippen molar-refractivity contribution in [1.82, 2.24) is 8.75 Å². The average molecular weight is 248 g/mol. The number of methoxy groups -OCH3 is 1. The Morgan fingerprint density at radius 2 is 2.12 bits per heavy atom. The van der Waals surface area contributed by atoms with Crippen LogP contribution in [-0.4, -0.2) is 21.6 Å². The molecule has 17 heavy (non-hydrogen) atoms. The smallest absolute Gasteiger partial charge is 0.184 e. The van der Waals surface area contributed by atoms with Crippen LogP contribution in [0.2, 0.25) is 0 Å². The van der Waals surface area contributed by atoms with Crippen LogP contribution in [0.15, 0.2) is 30.5 Å². The Bertz CT molecular complexity index is 480. The van der Waals surface area contributed by atoms with Crippen molar-refractivity contribution in [3.05, 3.63) is 41.7 Å². The van der Waals surface area contributed by atoms with E-state index in [0.29, 0.717) is 18.5 Å². The first-order chi connectivity index (χ1) is 8.29. The maximum Gasteiger partial charge on any atom is 0.184 e. The van der Waals surface area contributed by atoms with Crippen LogP contribution >= 0.6 is 11.7 Å². The highest BCUT2D eigenvalue weighted by molar-refractivity contribution is 6.99. The zero-order valence-corrected chi connectivity index (χ0v) is 10.2. The summed E-state index contributed by atoms with van der Waals surface area (Å²) in [6, 6.07) is 7.71. The van der Waals surface area contributed by atoms with Gasteiger partial charge < -0.3 is 4.74 Å². The predicted octanol–water partition coefficient (Wildman–Crippen LogP) is 2.36. The van der Waals surface area contributed by atoms with E-state index in [1.54, 1.807) is 7.11 Å². The molecule has 0 atom stereocenters. The second-order valence-electron chi connectivity index (χ2n) is 3.56. The molecule has 0 amide bonds. The molecule has 88 valence electrons. The molecule has 0 unspecified atom stereocenters. The number of ether oxygens (including phenoxy) is 1. The highest BCUT2D eigenvalue weighted by Crippen LogP contribution is 2.13. The number of hydrogen-bond acceptors (Lipinski definition) is 5. The van der Waals surface area contributed by atoms with Crippen molar-refractivity contribution < 1.29 is 9.53 Å². The number of rotatable bonds is 5. The fraction of sp³-hybridized carbons (Fsp3) is 0.250. The van der Waals surface area contributed by atoms with Gasteiger partial charge >= 0.3 is 0 Å². The first-order valence-electron chi connectivity index (χ1n) is 5.23. The van der Waals surface area contributed by atoms with Gasteiger partial charge in [0.05, 0.1) is 25.0 Å². The van der Waals surface area contributed by atoms with E-state index in [0.717, 1.165) is 23.0 Å². The van der Waals surface area contributed by atoms with Crippen LogP contribution in [0.3, 0.4) is 0 Å². The van der Waals surface area contributed by atoms with Crippen LogP contribution < -0.4 is 4.74 Å². The van der Waals surface area contributed by atoms with Crippen LogP contribution in [0, 0.1) is 0 Å². The lowest BCUT2D eigenvalue weighted by molar-refractivity contribution is 0.0979. The van der Waals surface area contributed by atoms with E-state index in [9.17, 15) is 4.79 Å². The summed E-state index contributed by atoms with van der Waals surface area (Å²) in [7, 11) is 1.63. The zero-order chi connectivity index (χ0) is 12.1. The van der Waals surface area contributed by atoms with Gasteiger partial charge in [0.15, 0.2) is 5.78 Å². The van der Waals surface area contributed by atoms with Gasteiger partial charge in [0.2, 0.25) is 0 Å². The highest BCUT2D eigenvalue weighted by atomic mass is 32.1. The number of carbonyl (C=O) groups excluding carboxylic acids is 1. The van der Waals surface area contributed by atoms with Crippen molar-refractivity contribution >= 4 is 17.5 Å². The maximum atomic E-state index is 11.7. The molecule has 1 aromatic carbocycles. The van der Waals surface area contributed by atoms with Crippen molar-refractivity contribution in [2.24, 2.45) is 0 Å². The lowest BCUT2D eigenvalue weighted by Crippen LogP contribution is -2.01. The molecule has 0 radical (unpaired) electrons. The molecule has 0 N–H and O–H groups in total. The minimum absolute atomic E-state index is 0.0366. The summed E-state index contributed by atoms with van der Waals surface area (Å²) in [5.74, 6) is 0.860. The zero-order valence-electron chi connectivity index (χ0n) is 9.42. The Morgan fingerprint density at radius 3 is 2.71 bits per heavy atom. The van der Waals surface area contributed by atoms with Gasteiger partial charge in [0, 0.05) is 6.42 Å². The van der Waals surface area contributed by atoms with Crippen LogP contribution in [0.5, 0.6) is 5.75 Å². The van der Waals surface area contributed by atoms with Gasteiger partial charge in [-0.2, -0.15) is 8.75 Å². The summed E-state index contributed by atoms with van der Waals surface area (Å²) in [5.41, 5.74) is 1.57. The number of aromatic nitrogens is 2. The third kappa shape index (κ3) is 3.10.